The molecule has 3 aromatic rings. The Morgan fingerprint density at radius 3 is 2.64 bits per heavy atom. The Labute approximate surface area is 145 Å². The molecule has 0 saturated carbocycles. The molecule has 0 saturated heterocycles. The summed E-state index contributed by atoms with van der Waals surface area (Å²) in [5.74, 6) is 1.30. The average molecular weight is 337 g/mol. The fraction of sp³-hybridized carbons (Fsp3) is 0.211. The topological polar surface area (TPSA) is 77.2 Å². The highest BCUT2D eigenvalue weighted by molar-refractivity contribution is 5.94. The maximum atomic E-state index is 12.2. The first-order valence-electron chi connectivity index (χ1n) is 7.95. The fourth-order valence-electron chi connectivity index (χ4n) is 2.35. The number of rotatable bonds is 6. The number of nitrogens with zero attached hydrogens (tertiary/aromatic N) is 2. The van der Waals surface area contributed by atoms with Crippen LogP contribution in [-0.4, -0.2) is 16.0 Å². The number of benzene rings is 1. The minimum absolute atomic E-state index is 0.138. The highest BCUT2D eigenvalue weighted by atomic mass is 16.5. The molecule has 3 rings (SSSR count). The summed E-state index contributed by atoms with van der Waals surface area (Å²) in [5.41, 5.74) is 3.30. The Balaban J connectivity index is 1.55. The molecule has 25 heavy (non-hydrogen) atoms. The third kappa shape index (κ3) is 4.23. The number of carbonyl (C=O) groups excluding carboxylic acids is 1. The molecule has 0 atom stereocenters. The van der Waals surface area contributed by atoms with Gasteiger partial charge in [-0.25, -0.2) is 0 Å². The van der Waals surface area contributed by atoms with E-state index in [1.807, 2.05) is 26.0 Å². The van der Waals surface area contributed by atoms with Gasteiger partial charge in [-0.1, -0.05) is 11.2 Å². The van der Waals surface area contributed by atoms with Crippen LogP contribution in [0.5, 0.6) is 5.75 Å². The number of ether oxygens (including phenoxy) is 1. The van der Waals surface area contributed by atoms with E-state index in [-0.39, 0.29) is 5.91 Å². The second kappa shape index (κ2) is 7.61. The van der Waals surface area contributed by atoms with Crippen molar-refractivity contribution >= 4 is 5.91 Å². The molecule has 0 bridgehead atoms. The van der Waals surface area contributed by atoms with Gasteiger partial charge in [0.25, 0.3) is 5.91 Å². The van der Waals surface area contributed by atoms with Gasteiger partial charge in [0.05, 0.1) is 11.3 Å². The zero-order valence-corrected chi connectivity index (χ0v) is 14.2. The second-order valence-electron chi connectivity index (χ2n) is 5.66. The third-order valence-corrected chi connectivity index (χ3v) is 3.86. The molecule has 1 N–H and O–H groups in total. The van der Waals surface area contributed by atoms with E-state index in [2.05, 4.69) is 15.5 Å². The van der Waals surface area contributed by atoms with E-state index in [0.717, 1.165) is 22.6 Å². The highest BCUT2D eigenvalue weighted by Crippen LogP contribution is 2.18. The van der Waals surface area contributed by atoms with Crippen molar-refractivity contribution in [3.63, 3.8) is 0 Å². The van der Waals surface area contributed by atoms with Crippen LogP contribution in [-0.2, 0) is 13.2 Å². The third-order valence-electron chi connectivity index (χ3n) is 3.86. The quantitative estimate of drug-likeness (QED) is 0.747. The number of pyridine rings is 1. The van der Waals surface area contributed by atoms with Gasteiger partial charge in [-0.05, 0) is 49.7 Å². The summed E-state index contributed by atoms with van der Waals surface area (Å²) in [6.07, 6.45) is 3.43. The van der Waals surface area contributed by atoms with Gasteiger partial charge in [0.1, 0.15) is 18.1 Å². The molecule has 6 heteroatoms. The molecule has 1 aromatic carbocycles. The molecule has 0 aliphatic heterocycles. The summed E-state index contributed by atoms with van der Waals surface area (Å²) < 4.78 is 10.8. The Morgan fingerprint density at radius 1 is 1.20 bits per heavy atom. The largest absolute Gasteiger partial charge is 0.489 e. The summed E-state index contributed by atoms with van der Waals surface area (Å²) in [4.78, 5) is 16.2. The molecule has 0 aliphatic carbocycles. The molecule has 1 amide bonds. The lowest BCUT2D eigenvalue weighted by molar-refractivity contribution is 0.0951. The predicted molar refractivity (Wildman–Crippen MR) is 92.2 cm³/mol. The van der Waals surface area contributed by atoms with Gasteiger partial charge in [0, 0.05) is 24.5 Å². The Bertz CT molecular complexity index is 823. The van der Waals surface area contributed by atoms with E-state index in [1.165, 1.54) is 0 Å². The summed E-state index contributed by atoms with van der Waals surface area (Å²) in [5, 5.41) is 6.76. The van der Waals surface area contributed by atoms with Crippen LogP contribution in [0.3, 0.4) is 0 Å². The number of amides is 1. The molecular weight excluding hydrogens is 318 g/mol. The van der Waals surface area contributed by atoms with Crippen LogP contribution in [0, 0.1) is 13.8 Å². The molecule has 0 spiro atoms. The van der Waals surface area contributed by atoms with Crippen molar-refractivity contribution in [1.82, 2.24) is 15.5 Å². The van der Waals surface area contributed by atoms with Crippen molar-refractivity contribution in [2.75, 3.05) is 0 Å². The SMILES string of the molecule is Cc1noc(C)c1COc1ccc(C(=O)NCc2cccnc2)cc1. The van der Waals surface area contributed by atoms with Crippen LogP contribution in [0.15, 0.2) is 53.3 Å². The molecule has 0 fully saturated rings. The van der Waals surface area contributed by atoms with E-state index in [1.54, 1.807) is 36.7 Å². The normalized spacial score (nSPS) is 10.5. The molecule has 0 aliphatic rings. The summed E-state index contributed by atoms with van der Waals surface area (Å²) in [6, 6.07) is 10.8. The van der Waals surface area contributed by atoms with Crippen molar-refractivity contribution in [3.8, 4) is 5.75 Å². The maximum Gasteiger partial charge on any atom is 0.251 e. The first-order valence-corrected chi connectivity index (χ1v) is 7.95. The Morgan fingerprint density at radius 2 is 2.00 bits per heavy atom. The maximum absolute atomic E-state index is 12.2. The number of nitrogens with one attached hydrogen (secondary N) is 1. The van der Waals surface area contributed by atoms with Crippen molar-refractivity contribution in [2.45, 2.75) is 27.0 Å². The molecular formula is C19H19N3O3. The van der Waals surface area contributed by atoms with Crippen LogP contribution in [0.4, 0.5) is 0 Å². The zero-order chi connectivity index (χ0) is 17.6. The van der Waals surface area contributed by atoms with Crippen LogP contribution in [0.25, 0.3) is 0 Å². The molecule has 128 valence electrons. The van der Waals surface area contributed by atoms with Gasteiger partial charge in [0.15, 0.2) is 0 Å². The van der Waals surface area contributed by atoms with Crippen LogP contribution < -0.4 is 10.1 Å². The van der Waals surface area contributed by atoms with Crippen LogP contribution in [0.2, 0.25) is 0 Å². The highest BCUT2D eigenvalue weighted by Gasteiger charge is 2.10. The van der Waals surface area contributed by atoms with Gasteiger partial charge >= 0.3 is 0 Å². The standard InChI is InChI=1S/C19H19N3O3/c1-13-18(14(2)25-22-13)12-24-17-7-5-16(6-8-17)19(23)21-11-15-4-3-9-20-10-15/h3-10H,11-12H2,1-2H3,(H,21,23). The van der Waals surface area contributed by atoms with Gasteiger partial charge in [-0.15, -0.1) is 0 Å². The van der Waals surface area contributed by atoms with Gasteiger partial charge in [0.2, 0.25) is 0 Å². The molecule has 0 unspecified atom stereocenters. The van der Waals surface area contributed by atoms with Gasteiger partial charge in [-0.3, -0.25) is 9.78 Å². The van der Waals surface area contributed by atoms with E-state index in [9.17, 15) is 4.79 Å². The van der Waals surface area contributed by atoms with E-state index < -0.39 is 0 Å². The van der Waals surface area contributed by atoms with Crippen molar-refractivity contribution in [3.05, 3.63) is 76.9 Å². The summed E-state index contributed by atoms with van der Waals surface area (Å²) >= 11 is 0. The van der Waals surface area contributed by atoms with Crippen molar-refractivity contribution < 1.29 is 14.1 Å². The van der Waals surface area contributed by atoms with Gasteiger partial charge < -0.3 is 14.6 Å². The fourth-order valence-corrected chi connectivity index (χ4v) is 2.35. The first-order chi connectivity index (χ1) is 12.1. The molecule has 6 nitrogen and oxygen atoms in total. The average Bonchev–Trinajstić information content (AvgIpc) is 2.97. The van der Waals surface area contributed by atoms with Crippen molar-refractivity contribution in [1.29, 1.82) is 0 Å². The van der Waals surface area contributed by atoms with E-state index in [0.29, 0.717) is 24.5 Å². The molecule has 0 radical (unpaired) electrons. The van der Waals surface area contributed by atoms with E-state index >= 15 is 0 Å². The number of aryl methyl sites for hydroxylation is 2. The van der Waals surface area contributed by atoms with E-state index in [4.69, 9.17) is 9.26 Å². The minimum atomic E-state index is -0.138. The monoisotopic (exact) mass is 337 g/mol. The number of hydrogen-bond donors (Lipinski definition) is 1. The zero-order valence-electron chi connectivity index (χ0n) is 14.2. The Kier molecular flexibility index (Phi) is 5.09. The number of hydrogen-bond acceptors (Lipinski definition) is 5. The van der Waals surface area contributed by atoms with Gasteiger partial charge in [-0.2, -0.15) is 0 Å². The molecule has 2 aromatic heterocycles. The number of aromatic nitrogens is 2. The second-order valence-corrected chi connectivity index (χ2v) is 5.66. The minimum Gasteiger partial charge on any atom is -0.489 e. The lowest BCUT2D eigenvalue weighted by atomic mass is 10.2. The molecule has 2 heterocycles. The lowest BCUT2D eigenvalue weighted by Crippen LogP contribution is -2.22. The van der Waals surface area contributed by atoms with Crippen molar-refractivity contribution in [2.24, 2.45) is 0 Å². The number of carbonyl (C=O) groups is 1. The van der Waals surface area contributed by atoms with Crippen LogP contribution >= 0.6 is 0 Å². The summed E-state index contributed by atoms with van der Waals surface area (Å²) in [6.45, 7) is 4.56. The first kappa shape index (κ1) is 16.7. The smallest absolute Gasteiger partial charge is 0.251 e. The Hall–Kier alpha value is -3.15. The summed E-state index contributed by atoms with van der Waals surface area (Å²) in [7, 11) is 0. The van der Waals surface area contributed by atoms with Crippen LogP contribution in [0.1, 0.15) is 32.9 Å². The lowest BCUT2D eigenvalue weighted by Gasteiger charge is -2.08. The predicted octanol–water partition coefficient (Wildman–Crippen LogP) is 3.20.